The summed E-state index contributed by atoms with van der Waals surface area (Å²) in [6.45, 7) is 1.64. The Morgan fingerprint density at radius 2 is 2.05 bits per heavy atom. The average Bonchev–Trinajstić information content (AvgIpc) is 3.05. The first kappa shape index (κ1) is 13.7. The molecule has 3 rings (SSSR count). The molecule has 1 aromatic rings. The van der Waals surface area contributed by atoms with E-state index in [0.29, 0.717) is 11.4 Å². The summed E-state index contributed by atoms with van der Waals surface area (Å²) in [5, 5.41) is 2.91. The van der Waals surface area contributed by atoms with Crippen LogP contribution in [-0.4, -0.2) is 30.2 Å². The number of nitrogens with two attached hydrogens (primary N) is 1. The number of likely N-dealkylation sites (tertiary alicyclic amines) is 1. The molecule has 0 radical (unpaired) electrons. The number of carbonyl (C=O) groups is 1. The lowest BCUT2D eigenvalue weighted by Crippen LogP contribution is -2.32. The molecule has 0 spiro atoms. The van der Waals surface area contributed by atoms with Crippen molar-refractivity contribution >= 4 is 29.3 Å². The highest BCUT2D eigenvalue weighted by Gasteiger charge is 2.18. The predicted molar refractivity (Wildman–Crippen MR) is 86.4 cm³/mol. The first-order valence-electron chi connectivity index (χ1n) is 7.42. The van der Waals surface area contributed by atoms with Crippen molar-refractivity contribution in [2.75, 3.05) is 24.1 Å². The third-order valence-electron chi connectivity index (χ3n) is 3.85. The Hall–Kier alpha value is -2.30. The first-order valence-corrected chi connectivity index (χ1v) is 7.42. The first-order chi connectivity index (χ1) is 10.2. The number of nitrogen functional groups attached to an aromatic ring is 1. The molecule has 1 saturated heterocycles. The number of benzene rings is 1. The molecule has 110 valence electrons. The summed E-state index contributed by atoms with van der Waals surface area (Å²) in [6.07, 6.45) is 8.16. The van der Waals surface area contributed by atoms with Crippen LogP contribution in [0.4, 0.5) is 16.2 Å². The topological polar surface area (TPSA) is 70.7 Å². The molecule has 2 aliphatic rings. The van der Waals surface area contributed by atoms with Crippen LogP contribution in [0.1, 0.15) is 31.2 Å². The molecule has 0 atom stereocenters. The number of nitrogens with zero attached hydrogens (tertiary/aromatic N) is 2. The Labute approximate surface area is 124 Å². The zero-order valence-electron chi connectivity index (χ0n) is 12.0. The highest BCUT2D eigenvalue weighted by molar-refractivity contribution is 5.94. The van der Waals surface area contributed by atoms with Gasteiger partial charge in [-0.25, -0.2) is 4.79 Å². The van der Waals surface area contributed by atoms with Crippen molar-refractivity contribution in [3.8, 4) is 0 Å². The monoisotopic (exact) mass is 284 g/mol. The third kappa shape index (κ3) is 3.07. The summed E-state index contributed by atoms with van der Waals surface area (Å²) < 4.78 is 0. The van der Waals surface area contributed by atoms with Gasteiger partial charge in [0.25, 0.3) is 0 Å². The number of nitrogens with one attached hydrogen (secondary N) is 1. The van der Waals surface area contributed by atoms with Gasteiger partial charge in [-0.3, -0.25) is 4.99 Å². The number of urea groups is 1. The number of hydrogen-bond acceptors (Lipinski definition) is 3. The van der Waals surface area contributed by atoms with Gasteiger partial charge in [-0.1, -0.05) is 12.1 Å². The van der Waals surface area contributed by atoms with Gasteiger partial charge in [-0.15, -0.1) is 0 Å². The van der Waals surface area contributed by atoms with Crippen LogP contribution in [0.25, 0.3) is 5.70 Å². The van der Waals surface area contributed by atoms with E-state index in [2.05, 4.69) is 16.4 Å². The van der Waals surface area contributed by atoms with Crippen molar-refractivity contribution in [3.05, 3.63) is 29.8 Å². The minimum Gasteiger partial charge on any atom is -0.397 e. The van der Waals surface area contributed by atoms with E-state index in [9.17, 15) is 4.79 Å². The largest absolute Gasteiger partial charge is 0.397 e. The molecule has 0 saturated carbocycles. The third-order valence-corrected chi connectivity index (χ3v) is 3.85. The van der Waals surface area contributed by atoms with Crippen LogP contribution in [0.5, 0.6) is 0 Å². The number of amides is 2. The van der Waals surface area contributed by atoms with Gasteiger partial charge in [-0.05, 0) is 37.8 Å². The smallest absolute Gasteiger partial charge is 0.321 e. The van der Waals surface area contributed by atoms with Crippen molar-refractivity contribution in [2.45, 2.75) is 25.7 Å². The standard InChI is InChI=1S/C16H20N4O/c17-13-7-6-12(14-5-1-2-8-18-14)11-15(13)19-16(21)20-9-3-4-10-20/h5-8,11H,1-4,9-10,17H2,(H,19,21). The molecule has 0 bridgehead atoms. The SMILES string of the molecule is Nc1ccc(C2=CCCC=N2)cc1NC(=O)N1CCCC1. The molecular formula is C16H20N4O. The molecule has 1 fully saturated rings. The molecule has 3 N–H and O–H groups in total. The molecule has 21 heavy (non-hydrogen) atoms. The second kappa shape index (κ2) is 5.99. The molecule has 0 aromatic heterocycles. The summed E-state index contributed by atoms with van der Waals surface area (Å²) in [5.74, 6) is 0. The fourth-order valence-corrected chi connectivity index (χ4v) is 2.64. The molecule has 2 aliphatic heterocycles. The second-order valence-corrected chi connectivity index (χ2v) is 5.40. The Kier molecular flexibility index (Phi) is 3.90. The van der Waals surface area contributed by atoms with E-state index < -0.39 is 0 Å². The number of allylic oxidation sites excluding steroid dienone is 1. The van der Waals surface area contributed by atoms with Crippen LogP contribution in [0.15, 0.2) is 29.3 Å². The number of rotatable bonds is 2. The lowest BCUT2D eigenvalue weighted by atomic mass is 10.1. The second-order valence-electron chi connectivity index (χ2n) is 5.40. The summed E-state index contributed by atoms with van der Waals surface area (Å²) in [6, 6.07) is 5.59. The molecule has 2 amide bonds. The van der Waals surface area contributed by atoms with Gasteiger partial charge >= 0.3 is 6.03 Å². The molecule has 5 heteroatoms. The lowest BCUT2D eigenvalue weighted by molar-refractivity contribution is 0.222. The van der Waals surface area contributed by atoms with Gasteiger partial charge in [0, 0.05) is 24.9 Å². The number of aliphatic imine (C=N–C) groups is 1. The van der Waals surface area contributed by atoms with Crippen LogP contribution >= 0.6 is 0 Å². The van der Waals surface area contributed by atoms with Crippen LogP contribution in [-0.2, 0) is 0 Å². The van der Waals surface area contributed by atoms with Crippen molar-refractivity contribution in [1.82, 2.24) is 4.90 Å². The molecule has 2 heterocycles. The maximum Gasteiger partial charge on any atom is 0.321 e. The number of anilines is 2. The minimum absolute atomic E-state index is 0.0718. The van der Waals surface area contributed by atoms with Crippen molar-refractivity contribution in [3.63, 3.8) is 0 Å². The van der Waals surface area contributed by atoms with E-state index in [0.717, 1.165) is 50.0 Å². The summed E-state index contributed by atoms with van der Waals surface area (Å²) in [7, 11) is 0. The number of hydrogen-bond donors (Lipinski definition) is 2. The average molecular weight is 284 g/mol. The Morgan fingerprint density at radius 1 is 1.24 bits per heavy atom. The van der Waals surface area contributed by atoms with E-state index >= 15 is 0 Å². The highest BCUT2D eigenvalue weighted by atomic mass is 16.2. The normalized spacial score (nSPS) is 17.7. The fourth-order valence-electron chi connectivity index (χ4n) is 2.64. The zero-order chi connectivity index (χ0) is 14.7. The minimum atomic E-state index is -0.0718. The predicted octanol–water partition coefficient (Wildman–Crippen LogP) is 3.10. The number of carbonyl (C=O) groups excluding carboxylic acids is 1. The lowest BCUT2D eigenvalue weighted by Gasteiger charge is -2.18. The van der Waals surface area contributed by atoms with Gasteiger partial charge in [-0.2, -0.15) is 0 Å². The van der Waals surface area contributed by atoms with Crippen LogP contribution in [0.3, 0.4) is 0 Å². The van der Waals surface area contributed by atoms with E-state index in [4.69, 9.17) is 5.73 Å². The molecule has 5 nitrogen and oxygen atoms in total. The maximum atomic E-state index is 12.2. The van der Waals surface area contributed by atoms with Crippen LogP contribution in [0, 0.1) is 0 Å². The van der Waals surface area contributed by atoms with Gasteiger partial charge < -0.3 is 16.0 Å². The van der Waals surface area contributed by atoms with Crippen LogP contribution in [0.2, 0.25) is 0 Å². The van der Waals surface area contributed by atoms with Gasteiger partial charge in [0.1, 0.15) is 0 Å². The summed E-state index contributed by atoms with van der Waals surface area (Å²) >= 11 is 0. The van der Waals surface area contributed by atoms with Gasteiger partial charge in [0.05, 0.1) is 17.1 Å². The molecule has 0 aliphatic carbocycles. The van der Waals surface area contributed by atoms with E-state index in [1.165, 1.54) is 0 Å². The van der Waals surface area contributed by atoms with Crippen molar-refractivity contribution < 1.29 is 4.79 Å². The quantitative estimate of drug-likeness (QED) is 0.819. The Morgan fingerprint density at radius 3 is 2.76 bits per heavy atom. The molecular weight excluding hydrogens is 264 g/mol. The molecule has 0 unspecified atom stereocenters. The van der Waals surface area contributed by atoms with Gasteiger partial charge in [0.15, 0.2) is 0 Å². The van der Waals surface area contributed by atoms with Crippen LogP contribution < -0.4 is 11.1 Å². The molecule has 1 aromatic carbocycles. The highest BCUT2D eigenvalue weighted by Crippen LogP contribution is 2.27. The zero-order valence-corrected chi connectivity index (χ0v) is 12.0. The maximum absolute atomic E-state index is 12.2. The van der Waals surface area contributed by atoms with E-state index in [1.807, 2.05) is 29.3 Å². The summed E-state index contributed by atoms with van der Waals surface area (Å²) in [5.41, 5.74) is 9.13. The Balaban J connectivity index is 1.79. The van der Waals surface area contributed by atoms with Gasteiger partial charge in [0.2, 0.25) is 0 Å². The van der Waals surface area contributed by atoms with Crippen molar-refractivity contribution in [1.29, 1.82) is 0 Å². The summed E-state index contributed by atoms with van der Waals surface area (Å²) in [4.78, 5) is 18.4. The fraction of sp³-hybridized carbons (Fsp3) is 0.375. The van der Waals surface area contributed by atoms with E-state index in [1.54, 1.807) is 0 Å². The van der Waals surface area contributed by atoms with E-state index in [-0.39, 0.29) is 6.03 Å². The van der Waals surface area contributed by atoms with Crippen molar-refractivity contribution in [2.24, 2.45) is 4.99 Å². The Bertz CT molecular complexity index is 600.